The molecule has 2 unspecified atom stereocenters. The van der Waals surface area contributed by atoms with Crippen molar-refractivity contribution in [2.45, 2.75) is 43.8 Å². The van der Waals surface area contributed by atoms with E-state index < -0.39 is 24.3 Å². The Morgan fingerprint density at radius 2 is 1.92 bits per heavy atom. The number of halogens is 4. The van der Waals surface area contributed by atoms with Gasteiger partial charge in [-0.15, -0.1) is 12.4 Å². The maximum absolute atomic E-state index is 15.2. The highest BCUT2D eigenvalue weighted by Crippen LogP contribution is 2.41. The van der Waals surface area contributed by atoms with E-state index in [4.69, 9.17) is 9.47 Å². The van der Waals surface area contributed by atoms with Gasteiger partial charge in [-0.25, -0.2) is 17.9 Å². The van der Waals surface area contributed by atoms with Gasteiger partial charge in [0.1, 0.15) is 17.7 Å². The highest BCUT2D eigenvalue weighted by Gasteiger charge is 2.35. The minimum absolute atomic E-state index is 0. The van der Waals surface area contributed by atoms with Crippen molar-refractivity contribution in [3.05, 3.63) is 59.4 Å². The second-order valence-corrected chi connectivity index (χ2v) is 9.52. The lowest BCUT2D eigenvalue weighted by Crippen LogP contribution is -2.45. The fourth-order valence-electron chi connectivity index (χ4n) is 5.07. The largest absolute Gasteiger partial charge is 0.493 e. The van der Waals surface area contributed by atoms with Crippen LogP contribution in [0.3, 0.4) is 0 Å². The first-order valence-corrected chi connectivity index (χ1v) is 12.6. The summed E-state index contributed by atoms with van der Waals surface area (Å²) in [4.78, 5) is 12.6. The number of ether oxygens (including phenoxy) is 2. The summed E-state index contributed by atoms with van der Waals surface area (Å²) in [6, 6.07) is 9.29. The molecule has 2 aromatic carbocycles. The molecule has 2 aliphatic heterocycles. The predicted octanol–water partition coefficient (Wildman–Crippen LogP) is 4.97. The van der Waals surface area contributed by atoms with Crippen LogP contribution >= 0.6 is 12.4 Å². The minimum Gasteiger partial charge on any atom is -0.493 e. The molecular weight excluding hydrogens is 535 g/mol. The Kier molecular flexibility index (Phi) is 8.91. The number of amides is 1. The second-order valence-electron chi connectivity index (χ2n) is 9.52. The van der Waals surface area contributed by atoms with Crippen LogP contribution in [0.5, 0.6) is 11.5 Å². The van der Waals surface area contributed by atoms with Crippen LogP contribution in [-0.4, -0.2) is 55.5 Å². The van der Waals surface area contributed by atoms with E-state index in [2.05, 4.69) is 21.0 Å². The normalized spacial score (nSPS) is 20.4. The van der Waals surface area contributed by atoms with E-state index in [9.17, 15) is 13.6 Å². The van der Waals surface area contributed by atoms with Crippen LogP contribution in [0.4, 0.5) is 19.0 Å². The lowest BCUT2D eigenvalue weighted by atomic mass is 9.97. The van der Waals surface area contributed by atoms with Gasteiger partial charge in [-0.2, -0.15) is 5.10 Å². The third-order valence-electron chi connectivity index (χ3n) is 7.09. The number of methoxy groups -OCH3 is 2. The van der Waals surface area contributed by atoms with Crippen molar-refractivity contribution in [2.24, 2.45) is 0 Å². The summed E-state index contributed by atoms with van der Waals surface area (Å²) in [6.45, 7) is 1.59. The van der Waals surface area contributed by atoms with Gasteiger partial charge in [-0.05, 0) is 61.7 Å². The quantitative estimate of drug-likeness (QED) is 0.375. The van der Waals surface area contributed by atoms with Crippen molar-refractivity contribution in [1.82, 2.24) is 20.4 Å². The Balaban J connectivity index is 0.00000353. The molecule has 2 aliphatic rings. The first kappa shape index (κ1) is 28.6. The number of anilines is 1. The summed E-state index contributed by atoms with van der Waals surface area (Å²) in [6.07, 6.45) is -0.790. The highest BCUT2D eigenvalue weighted by molar-refractivity contribution is 5.95. The Morgan fingerprint density at radius 3 is 2.59 bits per heavy atom. The molecule has 0 radical (unpaired) electrons. The molecule has 5 rings (SSSR count). The molecule has 0 saturated carbocycles. The van der Waals surface area contributed by atoms with E-state index in [0.29, 0.717) is 23.9 Å². The lowest BCUT2D eigenvalue weighted by molar-refractivity contribution is 0.0659. The van der Waals surface area contributed by atoms with Gasteiger partial charge in [0, 0.05) is 29.8 Å². The van der Waals surface area contributed by atoms with Crippen molar-refractivity contribution in [2.75, 3.05) is 32.6 Å². The van der Waals surface area contributed by atoms with Crippen LogP contribution in [0, 0.1) is 5.82 Å². The predicted molar refractivity (Wildman–Crippen MR) is 144 cm³/mol. The van der Waals surface area contributed by atoms with Gasteiger partial charge in [0.25, 0.3) is 12.3 Å². The molecule has 0 bridgehead atoms. The number of nitrogens with one attached hydrogen (secondary N) is 3. The number of hydrogen-bond acceptors (Lipinski definition) is 6. The molecule has 1 amide bonds. The number of benzene rings is 2. The molecule has 1 fully saturated rings. The number of carbonyl (C=O) groups is 1. The summed E-state index contributed by atoms with van der Waals surface area (Å²) in [5, 5.41) is 13.7. The van der Waals surface area contributed by atoms with Gasteiger partial charge in [0.2, 0.25) is 0 Å². The van der Waals surface area contributed by atoms with E-state index in [-0.39, 0.29) is 47.6 Å². The fourth-order valence-corrected chi connectivity index (χ4v) is 5.07. The van der Waals surface area contributed by atoms with E-state index in [0.717, 1.165) is 31.0 Å². The summed E-state index contributed by atoms with van der Waals surface area (Å²) < 4.78 is 55.3. The molecule has 3 aromatic rings. The van der Waals surface area contributed by atoms with Crippen LogP contribution in [0.1, 0.15) is 47.3 Å². The van der Waals surface area contributed by atoms with Crippen LogP contribution in [-0.2, 0) is 0 Å². The number of nitrogens with zero attached hydrogens (tertiary/aromatic N) is 2. The van der Waals surface area contributed by atoms with Crippen molar-refractivity contribution in [3.63, 3.8) is 0 Å². The van der Waals surface area contributed by atoms with E-state index in [1.807, 2.05) is 0 Å². The van der Waals surface area contributed by atoms with Gasteiger partial charge in [-0.3, -0.25) is 4.79 Å². The monoisotopic (exact) mass is 565 g/mol. The summed E-state index contributed by atoms with van der Waals surface area (Å²) in [5.41, 5.74) is 1.27. The minimum atomic E-state index is -2.68. The van der Waals surface area contributed by atoms with Crippen molar-refractivity contribution >= 4 is 24.1 Å². The average molecular weight is 566 g/mol. The van der Waals surface area contributed by atoms with E-state index >= 15 is 4.39 Å². The zero-order chi connectivity index (χ0) is 26.8. The van der Waals surface area contributed by atoms with Crippen LogP contribution < -0.4 is 25.4 Å². The van der Waals surface area contributed by atoms with Crippen LogP contribution in [0.2, 0.25) is 0 Å². The van der Waals surface area contributed by atoms with Gasteiger partial charge < -0.3 is 25.4 Å². The van der Waals surface area contributed by atoms with Gasteiger partial charge >= 0.3 is 0 Å². The smallest absolute Gasteiger partial charge is 0.260 e. The number of rotatable bonds is 7. The Bertz CT molecular complexity index is 1320. The first-order valence-electron chi connectivity index (χ1n) is 12.6. The molecule has 3 N–H and O–H groups in total. The maximum Gasteiger partial charge on any atom is 0.260 e. The van der Waals surface area contributed by atoms with Crippen LogP contribution in [0.25, 0.3) is 11.3 Å². The summed E-state index contributed by atoms with van der Waals surface area (Å²) in [7, 11) is 3.03. The third-order valence-corrected chi connectivity index (χ3v) is 7.09. The third kappa shape index (κ3) is 5.94. The first-order chi connectivity index (χ1) is 18.4. The number of aromatic nitrogens is 2. The van der Waals surface area contributed by atoms with E-state index in [1.165, 1.54) is 31.0 Å². The number of piperidine rings is 1. The number of alkyl halides is 2. The van der Waals surface area contributed by atoms with Crippen LogP contribution in [0.15, 0.2) is 42.5 Å². The topological polar surface area (TPSA) is 89.4 Å². The van der Waals surface area contributed by atoms with Gasteiger partial charge in [0.05, 0.1) is 26.0 Å². The molecule has 1 aromatic heterocycles. The van der Waals surface area contributed by atoms with Crippen molar-refractivity contribution < 1.29 is 27.4 Å². The Hall–Kier alpha value is -3.44. The molecule has 12 heteroatoms. The zero-order valence-electron chi connectivity index (χ0n) is 21.5. The van der Waals surface area contributed by atoms with Gasteiger partial charge in [-0.1, -0.05) is 6.07 Å². The number of carbonyl (C=O) groups excluding carboxylic acids is 1. The zero-order valence-corrected chi connectivity index (χ0v) is 22.4. The van der Waals surface area contributed by atoms with E-state index in [1.54, 1.807) is 24.3 Å². The molecule has 0 spiro atoms. The molecule has 210 valence electrons. The SMILES string of the molecule is COc1ccc(C2CC(C(F)F)n3nc(-c4ccc(C(=O)N[C@@H]5CCCNC5)cc4F)cc3N2)cc1OC.Cl. The molecule has 3 heterocycles. The molecule has 39 heavy (non-hydrogen) atoms. The molecule has 1 saturated heterocycles. The average Bonchev–Trinajstić information content (AvgIpc) is 3.36. The molecule has 0 aliphatic carbocycles. The summed E-state index contributed by atoms with van der Waals surface area (Å²) in [5.74, 6) is 0.367. The fraction of sp³-hybridized carbons (Fsp3) is 0.407. The maximum atomic E-state index is 15.2. The highest BCUT2D eigenvalue weighted by atomic mass is 35.5. The number of fused-ring (bicyclic) bond motifs is 1. The van der Waals surface area contributed by atoms with Crippen molar-refractivity contribution in [1.29, 1.82) is 0 Å². The number of hydrogen-bond donors (Lipinski definition) is 3. The van der Waals surface area contributed by atoms with Gasteiger partial charge in [0.15, 0.2) is 11.5 Å². The Morgan fingerprint density at radius 1 is 1.13 bits per heavy atom. The standard InChI is InChI=1S/C27H30F3N5O3.ClH/c1-37-23-8-6-15(11-24(23)38-2)20-12-22(26(29)30)35-25(33-20)13-21(34-35)18-7-5-16(10-19(18)28)27(36)32-17-4-3-9-31-14-17;/h5-8,10-11,13,17,20,22,26,31,33H,3-4,9,12,14H2,1-2H3,(H,32,36);1H/t17-,20?,22?;/m1./s1. The van der Waals surface area contributed by atoms with Crippen molar-refractivity contribution in [3.8, 4) is 22.8 Å². The lowest BCUT2D eigenvalue weighted by Gasteiger charge is -2.32. The Labute approximate surface area is 230 Å². The molecule has 8 nitrogen and oxygen atoms in total. The molecule has 3 atom stereocenters. The summed E-state index contributed by atoms with van der Waals surface area (Å²) >= 11 is 0. The second kappa shape index (κ2) is 12.2. The molecular formula is C27H31ClF3N5O3.